The van der Waals surface area contributed by atoms with Crippen molar-refractivity contribution in [1.82, 2.24) is 24.6 Å². The molecule has 3 aliphatic heterocycles. The number of carbonyl (C=O) groups excluding carboxylic acids is 1. The topological polar surface area (TPSA) is 82.0 Å². The number of hydrogen-bond donors (Lipinski definition) is 0. The first kappa shape index (κ1) is 22.3. The average Bonchev–Trinajstić information content (AvgIpc) is 3.49. The summed E-state index contributed by atoms with van der Waals surface area (Å²) >= 11 is 6.55. The Labute approximate surface area is 208 Å². The Morgan fingerprint density at radius 2 is 1.89 bits per heavy atom. The molecule has 1 fully saturated rings. The molecule has 0 unspecified atom stereocenters. The van der Waals surface area contributed by atoms with Crippen molar-refractivity contribution in [3.63, 3.8) is 0 Å². The molecule has 9 nitrogen and oxygen atoms in total. The molecule has 0 atom stereocenters. The summed E-state index contributed by atoms with van der Waals surface area (Å²) in [5.41, 5.74) is 4.50. The third-order valence-electron chi connectivity index (χ3n) is 6.69. The van der Waals surface area contributed by atoms with Gasteiger partial charge in [0.25, 0.3) is 5.91 Å². The summed E-state index contributed by atoms with van der Waals surface area (Å²) < 4.78 is 18.4. The average molecular weight is 496 g/mol. The van der Waals surface area contributed by atoms with Crippen LogP contribution in [0.25, 0.3) is 0 Å². The lowest BCUT2D eigenvalue weighted by Crippen LogP contribution is -2.41. The number of benzene rings is 1. The number of fused-ring (bicyclic) bond motifs is 2. The molecule has 1 aromatic carbocycles. The van der Waals surface area contributed by atoms with Crippen LogP contribution in [-0.4, -0.2) is 70.1 Å². The van der Waals surface area contributed by atoms with Crippen LogP contribution in [0.15, 0.2) is 36.5 Å². The summed E-state index contributed by atoms with van der Waals surface area (Å²) in [5, 5.41) is 5.47. The van der Waals surface area contributed by atoms with Gasteiger partial charge in [-0.3, -0.25) is 19.4 Å². The van der Waals surface area contributed by atoms with Gasteiger partial charge >= 0.3 is 0 Å². The summed E-state index contributed by atoms with van der Waals surface area (Å²) in [6, 6.07) is 9.61. The minimum absolute atomic E-state index is 0.0349. The number of halogens is 1. The van der Waals surface area contributed by atoms with Gasteiger partial charge in [0.1, 0.15) is 0 Å². The molecule has 3 aliphatic rings. The van der Waals surface area contributed by atoms with E-state index in [1.807, 2.05) is 39.9 Å². The fourth-order valence-corrected chi connectivity index (χ4v) is 5.08. The van der Waals surface area contributed by atoms with Crippen LogP contribution in [0.2, 0.25) is 5.02 Å². The zero-order valence-electron chi connectivity index (χ0n) is 19.3. The highest BCUT2D eigenvalue weighted by Crippen LogP contribution is 2.37. The van der Waals surface area contributed by atoms with Crippen molar-refractivity contribution in [2.45, 2.75) is 26.1 Å². The number of nitrogens with zero attached hydrogens (tertiary/aromatic N) is 5. The number of ether oxygens (including phenoxy) is 3. The van der Waals surface area contributed by atoms with Gasteiger partial charge in [0.2, 0.25) is 6.79 Å². The summed E-state index contributed by atoms with van der Waals surface area (Å²) in [6.45, 7) is 5.11. The highest BCUT2D eigenvalue weighted by atomic mass is 35.5. The van der Waals surface area contributed by atoms with Gasteiger partial charge in [-0.2, -0.15) is 5.10 Å². The molecule has 0 saturated carbocycles. The number of morpholine rings is 1. The lowest BCUT2D eigenvalue weighted by Gasteiger charge is -2.29. The molecule has 0 N–H and O–H groups in total. The maximum absolute atomic E-state index is 13.5. The Morgan fingerprint density at radius 3 is 2.69 bits per heavy atom. The lowest BCUT2D eigenvalue weighted by atomic mass is 10.0. The van der Waals surface area contributed by atoms with E-state index in [0.29, 0.717) is 68.2 Å². The first-order valence-corrected chi connectivity index (χ1v) is 12.2. The van der Waals surface area contributed by atoms with E-state index in [2.05, 4.69) is 9.88 Å². The fourth-order valence-electron chi connectivity index (χ4n) is 4.87. The van der Waals surface area contributed by atoms with Gasteiger partial charge < -0.3 is 19.1 Å². The first-order valence-electron chi connectivity index (χ1n) is 11.8. The number of carbonyl (C=O) groups is 1. The van der Waals surface area contributed by atoms with Crippen LogP contribution in [0.4, 0.5) is 0 Å². The Morgan fingerprint density at radius 1 is 1.06 bits per heavy atom. The quantitative estimate of drug-likeness (QED) is 0.538. The molecule has 0 spiro atoms. The summed E-state index contributed by atoms with van der Waals surface area (Å²) in [5.74, 6) is 1.36. The minimum atomic E-state index is -0.0349. The van der Waals surface area contributed by atoms with Crippen LogP contribution < -0.4 is 9.47 Å². The molecule has 0 radical (unpaired) electrons. The third kappa shape index (κ3) is 4.47. The predicted molar refractivity (Wildman–Crippen MR) is 128 cm³/mol. The number of rotatable bonds is 5. The van der Waals surface area contributed by atoms with Crippen molar-refractivity contribution in [3.8, 4) is 11.5 Å². The summed E-state index contributed by atoms with van der Waals surface area (Å²) in [6.07, 6.45) is 2.57. The maximum Gasteiger partial charge on any atom is 0.274 e. The molecule has 10 heteroatoms. The largest absolute Gasteiger partial charge is 0.454 e. The van der Waals surface area contributed by atoms with Gasteiger partial charge in [0.15, 0.2) is 17.2 Å². The summed E-state index contributed by atoms with van der Waals surface area (Å²) in [4.78, 5) is 22.1. The highest BCUT2D eigenvalue weighted by molar-refractivity contribution is 6.31. The van der Waals surface area contributed by atoms with E-state index < -0.39 is 0 Å². The predicted octanol–water partition coefficient (Wildman–Crippen LogP) is 2.74. The smallest absolute Gasteiger partial charge is 0.274 e. The second-order valence-corrected chi connectivity index (χ2v) is 9.32. The van der Waals surface area contributed by atoms with Crippen LogP contribution in [0.3, 0.4) is 0 Å². The van der Waals surface area contributed by atoms with Crippen molar-refractivity contribution in [2.24, 2.45) is 0 Å². The fraction of sp³-hybridized carbons (Fsp3) is 0.400. The highest BCUT2D eigenvalue weighted by Gasteiger charge is 2.31. The molecular formula is C25H26ClN5O4. The van der Waals surface area contributed by atoms with Crippen LogP contribution in [-0.2, 0) is 30.8 Å². The first-order chi connectivity index (χ1) is 17.2. The summed E-state index contributed by atoms with van der Waals surface area (Å²) in [7, 11) is 0. The second-order valence-electron chi connectivity index (χ2n) is 8.91. The van der Waals surface area contributed by atoms with Crippen molar-refractivity contribution in [3.05, 3.63) is 69.8 Å². The minimum Gasteiger partial charge on any atom is -0.454 e. The van der Waals surface area contributed by atoms with Crippen LogP contribution in [0, 0.1) is 0 Å². The van der Waals surface area contributed by atoms with Gasteiger partial charge in [-0.25, -0.2) is 0 Å². The van der Waals surface area contributed by atoms with E-state index in [4.69, 9.17) is 30.9 Å². The molecule has 3 aromatic rings. The lowest BCUT2D eigenvalue weighted by molar-refractivity contribution is 0.0297. The van der Waals surface area contributed by atoms with Crippen molar-refractivity contribution in [1.29, 1.82) is 0 Å². The van der Waals surface area contributed by atoms with E-state index in [1.54, 1.807) is 6.20 Å². The van der Waals surface area contributed by atoms with E-state index in [0.717, 1.165) is 35.5 Å². The Kier molecular flexibility index (Phi) is 6.05. The van der Waals surface area contributed by atoms with E-state index in [1.165, 1.54) is 0 Å². The molecule has 1 saturated heterocycles. The van der Waals surface area contributed by atoms with Crippen LogP contribution in [0.1, 0.15) is 33.0 Å². The zero-order chi connectivity index (χ0) is 23.8. The molecule has 182 valence electrons. The van der Waals surface area contributed by atoms with E-state index in [9.17, 15) is 4.79 Å². The van der Waals surface area contributed by atoms with E-state index >= 15 is 0 Å². The Bertz CT molecular complexity index is 1240. The standard InChI is InChI=1S/C25H26ClN5O4/c26-20-12-23-22(34-16-35-23)11-17(20)13-29-6-4-21-19(15-29)24(25(32)30-7-9-33-10-8-30)28-31(21)14-18-3-1-2-5-27-18/h1-3,5,11-12H,4,6-10,13-16H2. The molecule has 6 rings (SSSR count). The van der Waals surface area contributed by atoms with E-state index in [-0.39, 0.29) is 12.7 Å². The van der Waals surface area contributed by atoms with Gasteiger partial charge in [-0.15, -0.1) is 0 Å². The van der Waals surface area contributed by atoms with Gasteiger partial charge in [-0.05, 0) is 23.8 Å². The van der Waals surface area contributed by atoms with Crippen molar-refractivity contribution >= 4 is 17.5 Å². The van der Waals surface area contributed by atoms with Crippen molar-refractivity contribution < 1.29 is 19.0 Å². The van der Waals surface area contributed by atoms with Crippen LogP contribution >= 0.6 is 11.6 Å². The molecule has 5 heterocycles. The molecule has 35 heavy (non-hydrogen) atoms. The molecule has 0 bridgehead atoms. The number of pyridine rings is 1. The van der Waals surface area contributed by atoms with Gasteiger partial charge in [-0.1, -0.05) is 17.7 Å². The van der Waals surface area contributed by atoms with Gasteiger partial charge in [0.05, 0.1) is 25.5 Å². The molecule has 0 aliphatic carbocycles. The third-order valence-corrected chi connectivity index (χ3v) is 7.04. The number of hydrogen-bond acceptors (Lipinski definition) is 7. The number of amides is 1. The Hall–Kier alpha value is -3.14. The molecule has 1 amide bonds. The normalized spacial score (nSPS) is 17.5. The number of aromatic nitrogens is 3. The van der Waals surface area contributed by atoms with Gasteiger partial charge in [0, 0.05) is 67.7 Å². The second kappa shape index (κ2) is 9.49. The van der Waals surface area contributed by atoms with Crippen molar-refractivity contribution in [2.75, 3.05) is 39.6 Å². The SMILES string of the molecule is O=C(c1nn(Cc2ccccn2)c2c1CN(Cc1cc3c(cc1Cl)OCO3)CC2)N1CCOCC1. The molecule has 2 aromatic heterocycles. The maximum atomic E-state index is 13.5. The van der Waals surface area contributed by atoms with Crippen LogP contribution in [0.5, 0.6) is 11.5 Å². The monoisotopic (exact) mass is 495 g/mol. The molecular weight excluding hydrogens is 470 g/mol. The zero-order valence-corrected chi connectivity index (χ0v) is 20.0. The Balaban J connectivity index is 1.29.